The summed E-state index contributed by atoms with van der Waals surface area (Å²) in [5.74, 6) is -1.35. The van der Waals surface area contributed by atoms with E-state index in [2.05, 4.69) is 0 Å². The van der Waals surface area contributed by atoms with Crippen LogP contribution in [0.15, 0.2) is 30.3 Å². The molecular weight excluding hydrogens is 222 g/mol. The highest BCUT2D eigenvalue weighted by atomic mass is 16.5. The van der Waals surface area contributed by atoms with Crippen LogP contribution in [0.3, 0.4) is 0 Å². The number of carbonyl (C=O) groups is 2. The molecule has 92 valence electrons. The molecule has 5 nitrogen and oxygen atoms in total. The lowest BCUT2D eigenvalue weighted by Gasteiger charge is -2.23. The van der Waals surface area contributed by atoms with Gasteiger partial charge < -0.3 is 9.94 Å². The molecule has 0 aliphatic rings. The Kier molecular flexibility index (Phi) is 4.37. The fourth-order valence-electron chi connectivity index (χ4n) is 1.34. The van der Waals surface area contributed by atoms with Crippen molar-refractivity contribution in [3.8, 4) is 0 Å². The highest BCUT2D eigenvalue weighted by Crippen LogP contribution is 2.15. The number of esters is 1. The van der Waals surface area contributed by atoms with Gasteiger partial charge in [-0.05, 0) is 13.8 Å². The largest absolute Gasteiger partial charge is 0.464 e. The Balaban J connectivity index is 3.02. The zero-order valence-electron chi connectivity index (χ0n) is 9.77. The van der Waals surface area contributed by atoms with Gasteiger partial charge >= 0.3 is 5.97 Å². The maximum Gasteiger partial charge on any atom is 0.336 e. The van der Waals surface area contributed by atoms with Gasteiger partial charge in [0.1, 0.15) is 0 Å². The minimum absolute atomic E-state index is 0.137. The van der Waals surface area contributed by atoms with E-state index < -0.39 is 17.3 Å². The molecule has 0 radical (unpaired) electrons. The predicted octanol–water partition coefficient (Wildman–Crippen LogP) is 1.17. The van der Waals surface area contributed by atoms with Crippen LogP contribution in [0, 0.1) is 0 Å². The Labute approximate surface area is 99.4 Å². The van der Waals surface area contributed by atoms with Crippen LogP contribution in [-0.2, 0) is 9.53 Å². The lowest BCUT2D eigenvalue weighted by Crippen LogP contribution is -2.55. The van der Waals surface area contributed by atoms with Crippen molar-refractivity contribution < 1.29 is 19.5 Å². The molecule has 0 fully saturated rings. The van der Waals surface area contributed by atoms with Gasteiger partial charge in [0, 0.05) is 5.56 Å². The molecule has 1 aromatic carbocycles. The van der Waals surface area contributed by atoms with E-state index in [9.17, 15) is 9.59 Å². The third-order valence-corrected chi connectivity index (χ3v) is 2.40. The number of Topliss-reactive ketones (excluding diaryl/α,β-unsaturated/α-hetero) is 1. The van der Waals surface area contributed by atoms with Gasteiger partial charge in [-0.2, -0.15) is 5.48 Å². The van der Waals surface area contributed by atoms with Crippen molar-refractivity contribution in [3.05, 3.63) is 35.9 Å². The summed E-state index contributed by atoms with van der Waals surface area (Å²) < 4.78 is 4.76. The van der Waals surface area contributed by atoms with Crippen molar-refractivity contribution in [2.24, 2.45) is 0 Å². The molecule has 1 aromatic rings. The molecular formula is C12H15NO4. The van der Waals surface area contributed by atoms with E-state index in [4.69, 9.17) is 9.94 Å². The van der Waals surface area contributed by atoms with Gasteiger partial charge in [-0.25, -0.2) is 4.79 Å². The topological polar surface area (TPSA) is 75.6 Å². The van der Waals surface area contributed by atoms with Crippen LogP contribution in [0.1, 0.15) is 24.2 Å². The molecule has 0 saturated carbocycles. The molecule has 1 atom stereocenters. The first-order valence-electron chi connectivity index (χ1n) is 5.24. The molecule has 17 heavy (non-hydrogen) atoms. The van der Waals surface area contributed by atoms with Gasteiger partial charge in [0.25, 0.3) is 0 Å². The summed E-state index contributed by atoms with van der Waals surface area (Å²) >= 11 is 0. The van der Waals surface area contributed by atoms with Gasteiger partial charge in [-0.3, -0.25) is 4.79 Å². The maximum absolute atomic E-state index is 12.1. The summed E-state index contributed by atoms with van der Waals surface area (Å²) in [7, 11) is 0. The summed E-state index contributed by atoms with van der Waals surface area (Å²) in [5.41, 5.74) is 0.281. The zero-order valence-corrected chi connectivity index (χ0v) is 9.77. The van der Waals surface area contributed by atoms with Crippen LogP contribution < -0.4 is 5.48 Å². The van der Waals surface area contributed by atoms with E-state index in [1.165, 1.54) is 6.92 Å². The number of nitrogens with one attached hydrogen (secondary N) is 1. The van der Waals surface area contributed by atoms with Crippen molar-refractivity contribution in [1.29, 1.82) is 0 Å². The van der Waals surface area contributed by atoms with Crippen molar-refractivity contribution in [2.75, 3.05) is 6.61 Å². The summed E-state index contributed by atoms with van der Waals surface area (Å²) in [5, 5.41) is 9.04. The lowest BCUT2D eigenvalue weighted by molar-refractivity contribution is -0.152. The number of hydrogen-bond acceptors (Lipinski definition) is 5. The van der Waals surface area contributed by atoms with Crippen LogP contribution in [0.5, 0.6) is 0 Å². The van der Waals surface area contributed by atoms with Crippen LogP contribution in [0.25, 0.3) is 0 Å². The molecule has 5 heteroatoms. The van der Waals surface area contributed by atoms with E-state index >= 15 is 0 Å². The molecule has 0 bridgehead atoms. The minimum atomic E-state index is -1.78. The molecule has 0 heterocycles. The Morgan fingerprint density at radius 1 is 1.35 bits per heavy atom. The summed E-state index contributed by atoms with van der Waals surface area (Å²) in [6.07, 6.45) is 0. The Morgan fingerprint density at radius 3 is 2.41 bits per heavy atom. The number of ether oxygens (including phenoxy) is 1. The van der Waals surface area contributed by atoms with Crippen LogP contribution in [0.4, 0.5) is 0 Å². The normalized spacial score (nSPS) is 13.8. The lowest BCUT2D eigenvalue weighted by atomic mass is 9.92. The molecule has 0 spiro atoms. The quantitative estimate of drug-likeness (QED) is 0.348. The van der Waals surface area contributed by atoms with E-state index in [0.29, 0.717) is 5.56 Å². The number of carbonyl (C=O) groups excluding carboxylic acids is 2. The molecule has 1 unspecified atom stereocenters. The third-order valence-electron chi connectivity index (χ3n) is 2.40. The number of hydroxylamine groups is 1. The predicted molar refractivity (Wildman–Crippen MR) is 60.7 cm³/mol. The van der Waals surface area contributed by atoms with Gasteiger partial charge in [-0.15, -0.1) is 0 Å². The van der Waals surface area contributed by atoms with Crippen molar-refractivity contribution in [3.63, 3.8) is 0 Å². The summed E-state index contributed by atoms with van der Waals surface area (Å²) in [6.45, 7) is 3.04. The fourth-order valence-corrected chi connectivity index (χ4v) is 1.34. The molecule has 0 aliphatic heterocycles. The zero-order chi connectivity index (χ0) is 12.9. The second kappa shape index (κ2) is 5.56. The molecule has 0 amide bonds. The first-order chi connectivity index (χ1) is 8.06. The molecule has 0 aliphatic carbocycles. The second-order valence-electron chi connectivity index (χ2n) is 3.65. The Morgan fingerprint density at radius 2 is 1.94 bits per heavy atom. The average Bonchev–Trinajstić information content (AvgIpc) is 2.38. The van der Waals surface area contributed by atoms with E-state index in [0.717, 1.165) is 0 Å². The molecule has 0 saturated heterocycles. The van der Waals surface area contributed by atoms with Crippen LogP contribution in [0.2, 0.25) is 0 Å². The van der Waals surface area contributed by atoms with Crippen molar-refractivity contribution in [1.82, 2.24) is 5.48 Å². The smallest absolute Gasteiger partial charge is 0.336 e. The highest BCUT2D eigenvalue weighted by Gasteiger charge is 2.42. The number of benzene rings is 1. The van der Waals surface area contributed by atoms with Gasteiger partial charge in [0.2, 0.25) is 0 Å². The Bertz CT molecular complexity index is 404. The number of hydrogen-bond donors (Lipinski definition) is 2. The Hall–Kier alpha value is -1.72. The highest BCUT2D eigenvalue weighted by molar-refractivity contribution is 6.15. The fraction of sp³-hybridized carbons (Fsp3) is 0.333. The summed E-state index contributed by atoms with van der Waals surface area (Å²) in [4.78, 5) is 23.7. The van der Waals surface area contributed by atoms with Crippen LogP contribution >= 0.6 is 0 Å². The molecule has 0 aromatic heterocycles. The van der Waals surface area contributed by atoms with Crippen LogP contribution in [-0.4, -0.2) is 29.1 Å². The average molecular weight is 237 g/mol. The SMILES string of the molecule is CCOC(=O)C(C)(NO)C(=O)c1ccccc1. The number of rotatable bonds is 5. The first-order valence-corrected chi connectivity index (χ1v) is 5.24. The summed E-state index contributed by atoms with van der Waals surface area (Å²) in [6, 6.07) is 8.24. The molecule has 1 rings (SSSR count). The van der Waals surface area contributed by atoms with Gasteiger partial charge in [0.15, 0.2) is 11.3 Å². The molecule has 2 N–H and O–H groups in total. The first kappa shape index (κ1) is 13.3. The van der Waals surface area contributed by atoms with E-state index in [1.807, 2.05) is 0 Å². The van der Waals surface area contributed by atoms with Crippen molar-refractivity contribution in [2.45, 2.75) is 19.4 Å². The second-order valence-corrected chi connectivity index (χ2v) is 3.65. The van der Waals surface area contributed by atoms with Gasteiger partial charge in [-0.1, -0.05) is 30.3 Å². The number of ketones is 1. The van der Waals surface area contributed by atoms with E-state index in [-0.39, 0.29) is 6.61 Å². The van der Waals surface area contributed by atoms with Crippen molar-refractivity contribution >= 4 is 11.8 Å². The minimum Gasteiger partial charge on any atom is -0.464 e. The van der Waals surface area contributed by atoms with Gasteiger partial charge in [0.05, 0.1) is 6.61 Å². The van der Waals surface area contributed by atoms with E-state index in [1.54, 1.807) is 42.7 Å². The monoisotopic (exact) mass is 237 g/mol. The third kappa shape index (κ3) is 2.69. The maximum atomic E-state index is 12.1. The standard InChI is InChI=1S/C12H15NO4/c1-3-17-11(15)12(2,13-16)10(14)9-7-5-4-6-8-9/h4-8,13,16H,3H2,1-2H3.